The van der Waals surface area contributed by atoms with Gasteiger partial charge in [0.15, 0.2) is 0 Å². The fourth-order valence-electron chi connectivity index (χ4n) is 2.72. The second-order valence-corrected chi connectivity index (χ2v) is 7.96. The highest BCUT2D eigenvalue weighted by molar-refractivity contribution is 5.78. The van der Waals surface area contributed by atoms with Crippen molar-refractivity contribution in [3.63, 3.8) is 0 Å². The minimum atomic E-state index is -0.903. The Morgan fingerprint density at radius 1 is 1.22 bits per heavy atom. The van der Waals surface area contributed by atoms with Crippen molar-refractivity contribution in [3.05, 3.63) is 34.9 Å². The molecule has 0 saturated carbocycles. The predicted octanol–water partition coefficient (Wildman–Crippen LogP) is 3.52. The van der Waals surface area contributed by atoms with Crippen LogP contribution < -0.4 is 5.32 Å². The third kappa shape index (κ3) is 5.05. The minimum absolute atomic E-state index is 0.127. The number of ether oxygens (including phenoxy) is 1. The third-order valence-electron chi connectivity index (χ3n) is 4.57. The van der Waals surface area contributed by atoms with Crippen LogP contribution in [0.15, 0.2) is 18.2 Å². The topological polar surface area (TPSA) is 58.6 Å². The lowest BCUT2D eigenvalue weighted by atomic mass is 9.84. The fraction of sp³-hybridized carbons (Fsp3) is 0.632. The van der Waals surface area contributed by atoms with Crippen LogP contribution in [0.1, 0.15) is 57.2 Å². The van der Waals surface area contributed by atoms with Crippen LogP contribution in [0.4, 0.5) is 0 Å². The average Bonchev–Trinajstić information content (AvgIpc) is 2.50. The second kappa shape index (κ2) is 7.02. The van der Waals surface area contributed by atoms with Gasteiger partial charge in [-0.3, -0.25) is 10.1 Å². The summed E-state index contributed by atoms with van der Waals surface area (Å²) in [5, 5.41) is 12.9. The van der Waals surface area contributed by atoms with E-state index in [0.717, 1.165) is 25.0 Å². The molecule has 2 N–H and O–H groups in total. The standard InChI is InChI=1S/C19H29NO3/c1-18(2,3)8-9-19(4,17(21)22)20-12-14-5-6-15-7-10-23-13-16(15)11-14/h5-6,11,20H,7-10,12-13H2,1-4H3,(H,21,22). The van der Waals surface area contributed by atoms with Crippen molar-refractivity contribution in [2.75, 3.05) is 6.61 Å². The number of fused-ring (bicyclic) bond motifs is 1. The van der Waals surface area contributed by atoms with Crippen molar-refractivity contribution in [1.29, 1.82) is 0 Å². The Kier molecular flexibility index (Phi) is 5.48. The molecular formula is C19H29NO3. The smallest absolute Gasteiger partial charge is 0.323 e. The molecule has 0 amide bonds. The molecular weight excluding hydrogens is 290 g/mol. The van der Waals surface area contributed by atoms with Gasteiger partial charge in [0.05, 0.1) is 13.2 Å². The van der Waals surface area contributed by atoms with Crippen LogP contribution in [-0.4, -0.2) is 23.2 Å². The van der Waals surface area contributed by atoms with E-state index in [2.05, 4.69) is 44.3 Å². The SMILES string of the molecule is CC(C)(C)CCC(C)(NCc1ccc2c(c1)COCC2)C(=O)O. The maximum atomic E-state index is 11.7. The van der Waals surface area contributed by atoms with Crippen molar-refractivity contribution >= 4 is 5.97 Å². The first-order valence-corrected chi connectivity index (χ1v) is 8.36. The quantitative estimate of drug-likeness (QED) is 0.842. The van der Waals surface area contributed by atoms with E-state index in [0.29, 0.717) is 19.6 Å². The molecule has 1 aliphatic rings. The van der Waals surface area contributed by atoms with Gasteiger partial charge in [0.2, 0.25) is 0 Å². The van der Waals surface area contributed by atoms with Gasteiger partial charge in [-0.1, -0.05) is 39.0 Å². The van der Waals surface area contributed by atoms with Crippen molar-refractivity contribution in [2.24, 2.45) is 5.41 Å². The summed E-state index contributed by atoms with van der Waals surface area (Å²) >= 11 is 0. The van der Waals surface area contributed by atoms with Crippen molar-refractivity contribution in [2.45, 2.75) is 65.6 Å². The zero-order valence-corrected chi connectivity index (χ0v) is 14.7. The van der Waals surface area contributed by atoms with E-state index in [1.165, 1.54) is 11.1 Å². The molecule has 1 aromatic carbocycles. The molecule has 0 spiro atoms. The first kappa shape index (κ1) is 18.0. The number of hydrogen-bond donors (Lipinski definition) is 2. The Morgan fingerprint density at radius 3 is 2.61 bits per heavy atom. The zero-order valence-electron chi connectivity index (χ0n) is 14.7. The molecule has 0 bridgehead atoms. The minimum Gasteiger partial charge on any atom is -0.480 e. The maximum absolute atomic E-state index is 11.7. The summed E-state index contributed by atoms with van der Waals surface area (Å²) in [6.45, 7) is 10.2. The monoisotopic (exact) mass is 319 g/mol. The Labute approximate surface area is 139 Å². The van der Waals surface area contributed by atoms with Crippen molar-refractivity contribution < 1.29 is 14.6 Å². The highest BCUT2D eigenvalue weighted by atomic mass is 16.5. The predicted molar refractivity (Wildman–Crippen MR) is 91.4 cm³/mol. The summed E-state index contributed by atoms with van der Waals surface area (Å²) in [6, 6.07) is 6.36. The lowest BCUT2D eigenvalue weighted by molar-refractivity contribution is -0.144. The van der Waals surface area contributed by atoms with Crippen LogP contribution in [0.3, 0.4) is 0 Å². The summed E-state index contributed by atoms with van der Waals surface area (Å²) in [6.07, 6.45) is 2.43. The molecule has 128 valence electrons. The normalized spacial score (nSPS) is 17.4. The first-order valence-electron chi connectivity index (χ1n) is 8.36. The van der Waals surface area contributed by atoms with E-state index in [1.54, 1.807) is 6.92 Å². The van der Waals surface area contributed by atoms with Gasteiger partial charge < -0.3 is 9.84 Å². The van der Waals surface area contributed by atoms with E-state index in [-0.39, 0.29) is 5.41 Å². The molecule has 0 fully saturated rings. The third-order valence-corrected chi connectivity index (χ3v) is 4.57. The maximum Gasteiger partial charge on any atom is 0.323 e. The van der Waals surface area contributed by atoms with Gasteiger partial charge in [-0.2, -0.15) is 0 Å². The van der Waals surface area contributed by atoms with Gasteiger partial charge in [-0.25, -0.2) is 0 Å². The van der Waals surface area contributed by atoms with Crippen LogP contribution >= 0.6 is 0 Å². The largest absolute Gasteiger partial charge is 0.480 e. The van der Waals surface area contributed by atoms with E-state index < -0.39 is 11.5 Å². The van der Waals surface area contributed by atoms with E-state index in [4.69, 9.17) is 4.74 Å². The molecule has 0 aromatic heterocycles. The summed E-state index contributed by atoms with van der Waals surface area (Å²) in [7, 11) is 0. The number of carboxylic acid groups (broad SMARTS) is 1. The van der Waals surface area contributed by atoms with Gasteiger partial charge in [-0.05, 0) is 48.3 Å². The van der Waals surface area contributed by atoms with Crippen molar-refractivity contribution in [1.82, 2.24) is 5.32 Å². The van der Waals surface area contributed by atoms with E-state index >= 15 is 0 Å². The lowest BCUT2D eigenvalue weighted by Gasteiger charge is -2.30. The van der Waals surface area contributed by atoms with E-state index in [1.807, 2.05) is 0 Å². The van der Waals surface area contributed by atoms with Crippen LogP contribution in [-0.2, 0) is 29.1 Å². The molecule has 1 heterocycles. The molecule has 2 rings (SSSR count). The number of rotatable bonds is 6. The van der Waals surface area contributed by atoms with Gasteiger partial charge in [-0.15, -0.1) is 0 Å². The number of carboxylic acids is 1. The Bertz CT molecular complexity index is 562. The van der Waals surface area contributed by atoms with Gasteiger partial charge in [0, 0.05) is 6.54 Å². The van der Waals surface area contributed by atoms with Crippen molar-refractivity contribution in [3.8, 4) is 0 Å². The van der Waals surface area contributed by atoms with Gasteiger partial charge in [0.25, 0.3) is 0 Å². The Hall–Kier alpha value is -1.39. The summed E-state index contributed by atoms with van der Waals surface area (Å²) in [5.41, 5.74) is 2.90. The highest BCUT2D eigenvalue weighted by Crippen LogP contribution is 2.26. The molecule has 1 aliphatic heterocycles. The second-order valence-electron chi connectivity index (χ2n) is 7.96. The molecule has 0 aliphatic carbocycles. The number of carbonyl (C=O) groups is 1. The molecule has 1 atom stereocenters. The number of aliphatic carboxylic acids is 1. The highest BCUT2D eigenvalue weighted by Gasteiger charge is 2.33. The Balaban J connectivity index is 2.02. The van der Waals surface area contributed by atoms with Crippen LogP contribution in [0.25, 0.3) is 0 Å². The van der Waals surface area contributed by atoms with Gasteiger partial charge >= 0.3 is 5.97 Å². The molecule has 4 heteroatoms. The average molecular weight is 319 g/mol. The molecule has 0 radical (unpaired) electrons. The van der Waals surface area contributed by atoms with Crippen LogP contribution in [0, 0.1) is 5.41 Å². The van der Waals surface area contributed by atoms with Crippen LogP contribution in [0.2, 0.25) is 0 Å². The summed E-state index contributed by atoms with van der Waals surface area (Å²) in [4.78, 5) is 11.7. The number of hydrogen-bond acceptors (Lipinski definition) is 3. The Morgan fingerprint density at radius 2 is 1.96 bits per heavy atom. The first-order chi connectivity index (χ1) is 10.7. The number of benzene rings is 1. The van der Waals surface area contributed by atoms with Gasteiger partial charge in [0.1, 0.15) is 5.54 Å². The van der Waals surface area contributed by atoms with E-state index in [9.17, 15) is 9.90 Å². The summed E-state index contributed by atoms with van der Waals surface area (Å²) < 4.78 is 5.50. The molecule has 4 nitrogen and oxygen atoms in total. The fourth-order valence-corrected chi connectivity index (χ4v) is 2.72. The molecule has 1 unspecified atom stereocenters. The van der Waals surface area contributed by atoms with Crippen LogP contribution in [0.5, 0.6) is 0 Å². The summed E-state index contributed by atoms with van der Waals surface area (Å²) in [5.74, 6) is -0.789. The molecule has 1 aromatic rings. The zero-order chi connectivity index (χ0) is 17.1. The molecule has 23 heavy (non-hydrogen) atoms. The lowest BCUT2D eigenvalue weighted by Crippen LogP contribution is -2.49. The molecule has 0 saturated heterocycles. The number of nitrogens with one attached hydrogen (secondary N) is 1.